The lowest BCUT2D eigenvalue weighted by Gasteiger charge is -2.14. The summed E-state index contributed by atoms with van der Waals surface area (Å²) in [7, 11) is 0. The van der Waals surface area contributed by atoms with Gasteiger partial charge >= 0.3 is 11.9 Å². The third kappa shape index (κ3) is 3.37. The molecule has 18 heavy (non-hydrogen) atoms. The van der Waals surface area contributed by atoms with E-state index in [0.717, 1.165) is 0 Å². The number of ether oxygens (including phenoxy) is 1. The largest absolute Gasteiger partial charge is 0.479 e. The number of aliphatic carboxylic acids is 1. The zero-order valence-corrected chi connectivity index (χ0v) is 10.6. The molecule has 0 amide bonds. The summed E-state index contributed by atoms with van der Waals surface area (Å²) in [4.78, 5) is 22.7. The van der Waals surface area contributed by atoms with E-state index in [9.17, 15) is 9.59 Å². The van der Waals surface area contributed by atoms with E-state index in [-0.39, 0.29) is 22.7 Å². The fourth-order valence-corrected chi connectivity index (χ4v) is 1.70. The zero-order chi connectivity index (χ0) is 13.7. The van der Waals surface area contributed by atoms with Crippen LogP contribution in [0.4, 0.5) is 5.69 Å². The van der Waals surface area contributed by atoms with Crippen molar-refractivity contribution in [3.8, 4) is 0 Å². The van der Waals surface area contributed by atoms with Crippen molar-refractivity contribution in [1.29, 1.82) is 0 Å². The summed E-state index contributed by atoms with van der Waals surface area (Å²) in [6.07, 6.45) is -0.355. The number of esters is 1. The van der Waals surface area contributed by atoms with E-state index in [0.29, 0.717) is 6.42 Å². The van der Waals surface area contributed by atoms with Crippen LogP contribution in [0.2, 0.25) is 5.02 Å². The summed E-state index contributed by atoms with van der Waals surface area (Å²) < 4.78 is 4.90. The Kier molecular flexibility index (Phi) is 4.97. The topological polar surface area (TPSA) is 89.6 Å². The summed E-state index contributed by atoms with van der Waals surface area (Å²) in [6, 6.07) is 4.58. The predicted molar refractivity (Wildman–Crippen MR) is 67.6 cm³/mol. The minimum absolute atomic E-state index is 0.00141. The van der Waals surface area contributed by atoms with Crippen molar-refractivity contribution in [2.24, 2.45) is 0 Å². The van der Waals surface area contributed by atoms with Crippen molar-refractivity contribution in [3.63, 3.8) is 0 Å². The molecule has 1 unspecified atom stereocenters. The average molecular weight is 272 g/mol. The van der Waals surface area contributed by atoms with Gasteiger partial charge in [-0.2, -0.15) is 0 Å². The molecule has 0 aliphatic carbocycles. The van der Waals surface area contributed by atoms with Crippen LogP contribution in [0.25, 0.3) is 0 Å². The molecular weight excluding hydrogens is 258 g/mol. The summed E-state index contributed by atoms with van der Waals surface area (Å²) >= 11 is 5.84. The fourth-order valence-electron chi connectivity index (χ4n) is 1.44. The molecule has 0 aliphatic heterocycles. The molecule has 0 aromatic heterocycles. The summed E-state index contributed by atoms with van der Waals surface area (Å²) in [5.74, 6) is -2.00. The number of carbonyl (C=O) groups excluding carboxylic acids is 1. The maximum Gasteiger partial charge on any atom is 0.345 e. The second-order valence-corrected chi connectivity index (χ2v) is 4.13. The normalized spacial score (nSPS) is 11.9. The third-order valence-electron chi connectivity index (χ3n) is 2.33. The van der Waals surface area contributed by atoms with Crippen LogP contribution in [-0.2, 0) is 9.53 Å². The number of carboxylic acids is 1. The summed E-state index contributed by atoms with van der Waals surface area (Å²) in [5, 5.41) is 9.04. The van der Waals surface area contributed by atoms with Crippen LogP contribution in [0.3, 0.4) is 0 Å². The Labute approximate surface area is 109 Å². The highest BCUT2D eigenvalue weighted by Gasteiger charge is 2.24. The van der Waals surface area contributed by atoms with Crippen LogP contribution < -0.4 is 5.73 Å². The van der Waals surface area contributed by atoms with Crippen molar-refractivity contribution in [3.05, 3.63) is 28.8 Å². The second-order valence-electron chi connectivity index (χ2n) is 3.72. The Morgan fingerprint density at radius 3 is 2.67 bits per heavy atom. The Bertz CT molecular complexity index is 441. The quantitative estimate of drug-likeness (QED) is 0.634. The molecule has 5 nitrogen and oxygen atoms in total. The first-order valence-corrected chi connectivity index (χ1v) is 5.83. The molecule has 0 aliphatic rings. The number of carbonyl (C=O) groups is 2. The van der Waals surface area contributed by atoms with Crippen LogP contribution in [0.5, 0.6) is 0 Å². The van der Waals surface area contributed by atoms with Gasteiger partial charge < -0.3 is 15.6 Å². The molecule has 0 heterocycles. The molecule has 0 saturated heterocycles. The highest BCUT2D eigenvalue weighted by atomic mass is 35.5. The first-order valence-electron chi connectivity index (χ1n) is 5.45. The molecule has 1 aromatic rings. The number of carboxylic acid groups (broad SMARTS) is 1. The molecule has 98 valence electrons. The van der Waals surface area contributed by atoms with E-state index in [2.05, 4.69) is 0 Å². The van der Waals surface area contributed by atoms with Gasteiger partial charge in [0.05, 0.1) is 5.02 Å². The van der Waals surface area contributed by atoms with Gasteiger partial charge in [-0.05, 0) is 18.6 Å². The van der Waals surface area contributed by atoms with Gasteiger partial charge in [0, 0.05) is 5.69 Å². The first-order chi connectivity index (χ1) is 8.47. The van der Waals surface area contributed by atoms with Gasteiger partial charge in [0.15, 0.2) is 6.10 Å². The van der Waals surface area contributed by atoms with Crippen LogP contribution in [0, 0.1) is 0 Å². The first kappa shape index (κ1) is 14.3. The molecule has 0 fully saturated rings. The molecule has 1 atom stereocenters. The van der Waals surface area contributed by atoms with Gasteiger partial charge in [0.2, 0.25) is 0 Å². The Hall–Kier alpha value is -1.75. The van der Waals surface area contributed by atoms with E-state index in [1.165, 1.54) is 12.1 Å². The lowest BCUT2D eigenvalue weighted by molar-refractivity contribution is -0.147. The summed E-state index contributed by atoms with van der Waals surface area (Å²) in [6.45, 7) is 1.80. The fraction of sp³-hybridized carbons (Fsp3) is 0.333. The molecule has 0 radical (unpaired) electrons. The van der Waals surface area contributed by atoms with E-state index >= 15 is 0 Å². The molecule has 0 spiro atoms. The van der Waals surface area contributed by atoms with E-state index in [1.54, 1.807) is 13.0 Å². The smallest absolute Gasteiger partial charge is 0.345 e. The molecule has 0 bridgehead atoms. The van der Waals surface area contributed by atoms with E-state index in [4.69, 9.17) is 27.2 Å². The van der Waals surface area contributed by atoms with Gasteiger partial charge in [0.1, 0.15) is 5.56 Å². The minimum atomic E-state index is -1.18. The van der Waals surface area contributed by atoms with Crippen LogP contribution in [0.1, 0.15) is 30.1 Å². The lowest BCUT2D eigenvalue weighted by atomic mass is 10.1. The van der Waals surface area contributed by atoms with E-state index < -0.39 is 18.0 Å². The number of benzene rings is 1. The van der Waals surface area contributed by atoms with Crippen molar-refractivity contribution in [1.82, 2.24) is 0 Å². The monoisotopic (exact) mass is 271 g/mol. The number of rotatable bonds is 5. The third-order valence-corrected chi connectivity index (χ3v) is 2.64. The average Bonchev–Trinajstić information content (AvgIpc) is 2.28. The van der Waals surface area contributed by atoms with Gasteiger partial charge in [0.25, 0.3) is 0 Å². The lowest BCUT2D eigenvalue weighted by Crippen LogP contribution is -2.27. The number of halogens is 1. The van der Waals surface area contributed by atoms with Crippen LogP contribution in [0.15, 0.2) is 18.2 Å². The van der Waals surface area contributed by atoms with Gasteiger partial charge in [-0.15, -0.1) is 0 Å². The van der Waals surface area contributed by atoms with Gasteiger partial charge in [-0.3, -0.25) is 0 Å². The highest BCUT2D eigenvalue weighted by Crippen LogP contribution is 2.23. The standard InChI is InChI=1S/C12H14ClNO4/c1-2-4-9(11(15)16)18-12(17)10-7(13)5-3-6-8(10)14/h3,5-6,9H,2,4,14H2,1H3,(H,15,16). The maximum atomic E-state index is 11.8. The number of hydrogen-bond acceptors (Lipinski definition) is 4. The Balaban J connectivity index is 2.90. The van der Waals surface area contributed by atoms with Crippen molar-refractivity contribution < 1.29 is 19.4 Å². The van der Waals surface area contributed by atoms with Crippen LogP contribution in [-0.4, -0.2) is 23.1 Å². The maximum absolute atomic E-state index is 11.8. The molecular formula is C12H14ClNO4. The zero-order valence-electron chi connectivity index (χ0n) is 9.85. The summed E-state index contributed by atoms with van der Waals surface area (Å²) in [5.41, 5.74) is 5.78. The van der Waals surface area contributed by atoms with Crippen molar-refractivity contribution in [2.75, 3.05) is 5.73 Å². The number of anilines is 1. The van der Waals surface area contributed by atoms with E-state index in [1.807, 2.05) is 0 Å². The Morgan fingerprint density at radius 2 is 2.17 bits per heavy atom. The number of nitrogens with two attached hydrogens (primary N) is 1. The minimum Gasteiger partial charge on any atom is -0.479 e. The van der Waals surface area contributed by atoms with Crippen molar-refractivity contribution >= 4 is 29.2 Å². The SMILES string of the molecule is CCCC(OC(=O)c1c(N)cccc1Cl)C(=O)O. The van der Waals surface area contributed by atoms with Gasteiger partial charge in [-0.1, -0.05) is 31.0 Å². The second kappa shape index (κ2) is 6.26. The highest BCUT2D eigenvalue weighted by molar-refractivity contribution is 6.34. The number of nitrogen functional groups attached to an aromatic ring is 1. The molecule has 3 N–H and O–H groups in total. The van der Waals surface area contributed by atoms with Crippen LogP contribution >= 0.6 is 11.6 Å². The molecule has 6 heteroatoms. The molecule has 0 saturated carbocycles. The molecule has 1 aromatic carbocycles. The Morgan fingerprint density at radius 1 is 1.50 bits per heavy atom. The molecule has 1 rings (SSSR count). The number of hydrogen-bond donors (Lipinski definition) is 2. The predicted octanol–water partition coefficient (Wildman–Crippen LogP) is 2.33. The van der Waals surface area contributed by atoms with Crippen molar-refractivity contribution in [2.45, 2.75) is 25.9 Å². The van der Waals surface area contributed by atoms with Gasteiger partial charge in [-0.25, -0.2) is 9.59 Å².